The third kappa shape index (κ3) is 36.0. The third-order valence-corrected chi connectivity index (χ3v) is 0.500. The van der Waals surface area contributed by atoms with E-state index in [1.807, 2.05) is 0 Å². The van der Waals surface area contributed by atoms with E-state index in [1.54, 1.807) is 0 Å². The van der Waals surface area contributed by atoms with Gasteiger partial charge in [-0.1, -0.05) is 0 Å². The van der Waals surface area contributed by atoms with Crippen LogP contribution in [0.25, 0.3) is 0 Å². The normalized spacial score (nSPS) is 6.60. The van der Waals surface area contributed by atoms with Crippen molar-refractivity contribution in [3.63, 3.8) is 0 Å². The number of carbonyl (C=O) groups is 6. The summed E-state index contributed by atoms with van der Waals surface area (Å²) in [6.07, 6.45) is 0. The summed E-state index contributed by atoms with van der Waals surface area (Å²) < 4.78 is 0. The molecule has 0 aliphatic rings. The van der Waals surface area contributed by atoms with Crippen LogP contribution in [-0.2, 0) is 51.1 Å². The van der Waals surface area contributed by atoms with Crippen LogP contribution in [-0.4, -0.2) is 35.8 Å². The van der Waals surface area contributed by atoms with Crippen molar-refractivity contribution in [2.75, 3.05) is 0 Å². The minimum absolute atomic E-state index is 0. The van der Waals surface area contributed by atoms with E-state index in [9.17, 15) is 0 Å². The zero-order chi connectivity index (χ0) is 15.5. The van der Waals surface area contributed by atoms with Gasteiger partial charge in [0.2, 0.25) is 0 Å². The molecule has 0 bridgehead atoms. The Morgan fingerprint density at radius 2 is 0.450 bits per heavy atom. The van der Waals surface area contributed by atoms with Crippen molar-refractivity contribution >= 4 is 35.8 Å². The average molecular weight is 380 g/mol. The van der Waals surface area contributed by atoms with Gasteiger partial charge in [-0.15, -0.1) is 0 Å². The van der Waals surface area contributed by atoms with Gasteiger partial charge in [0.15, 0.2) is 0 Å². The molecule has 0 aromatic carbocycles. The summed E-state index contributed by atoms with van der Waals surface area (Å²) in [6.45, 7) is 0. The molecule has 0 saturated heterocycles. The van der Waals surface area contributed by atoms with Gasteiger partial charge in [0.1, 0.15) is 0 Å². The summed E-state index contributed by atoms with van der Waals surface area (Å²) in [7, 11) is 0. The largest absolute Gasteiger partial charge is 5.00 e. The standard InChI is InChI=1S/3C2H2O4.Na.Nb/c3*3-1(4)2(5)6;;/h3*(H,3,4)(H,5,6);;/q;;;+1;+5/p-6. The van der Waals surface area contributed by atoms with Crippen LogP contribution < -0.4 is 60.2 Å². The van der Waals surface area contributed by atoms with E-state index in [4.69, 9.17) is 59.4 Å². The molecule has 0 atom stereocenters. The molecule has 12 nitrogen and oxygen atoms in total. The fourth-order valence-electron chi connectivity index (χ4n) is 0. The molecule has 20 heavy (non-hydrogen) atoms. The summed E-state index contributed by atoms with van der Waals surface area (Å²) in [5.74, 6) is -13.1. The van der Waals surface area contributed by atoms with E-state index in [0.717, 1.165) is 0 Å². The van der Waals surface area contributed by atoms with Crippen LogP contribution in [0, 0.1) is 0 Å². The van der Waals surface area contributed by atoms with Crippen molar-refractivity contribution in [3.05, 3.63) is 0 Å². The van der Waals surface area contributed by atoms with Crippen molar-refractivity contribution in [1.29, 1.82) is 0 Å². The Kier molecular flexibility index (Phi) is 27.3. The fraction of sp³-hybridized carbons (Fsp3) is 0. The molecule has 0 spiro atoms. The van der Waals surface area contributed by atoms with E-state index >= 15 is 0 Å². The predicted octanol–water partition coefficient (Wildman–Crippen LogP) is -13.5. The second-order valence-electron chi connectivity index (χ2n) is 1.72. The number of aliphatic carboxylic acids is 6. The Morgan fingerprint density at radius 1 is 0.400 bits per heavy atom. The first kappa shape index (κ1) is 31.1. The average Bonchev–Trinajstić information content (AvgIpc) is 2.18. The number of carboxylic acid groups (broad SMARTS) is 6. The number of hydrogen-bond donors (Lipinski definition) is 0. The topological polar surface area (TPSA) is 241 Å². The van der Waals surface area contributed by atoms with E-state index in [1.165, 1.54) is 0 Å². The van der Waals surface area contributed by atoms with Crippen molar-refractivity contribution < 1.29 is 111 Å². The fourth-order valence-corrected chi connectivity index (χ4v) is 0. The predicted molar refractivity (Wildman–Crippen MR) is 30.0 cm³/mol. The van der Waals surface area contributed by atoms with Crippen LogP contribution in [0.2, 0.25) is 0 Å². The van der Waals surface area contributed by atoms with Crippen molar-refractivity contribution in [2.45, 2.75) is 0 Å². The first-order chi connectivity index (χ1) is 7.93. The maximum atomic E-state index is 8.93. The monoisotopic (exact) mass is 380 g/mol. The van der Waals surface area contributed by atoms with Gasteiger partial charge in [0.25, 0.3) is 0 Å². The van der Waals surface area contributed by atoms with Gasteiger partial charge in [-0.3, -0.25) is 0 Å². The van der Waals surface area contributed by atoms with Crippen LogP contribution in [0.1, 0.15) is 0 Å². The number of carboxylic acids is 6. The molecule has 0 aliphatic carbocycles. The van der Waals surface area contributed by atoms with Crippen LogP contribution in [0.5, 0.6) is 0 Å². The Balaban J connectivity index is -0.0000000536. The third-order valence-electron chi connectivity index (χ3n) is 0.500. The minimum Gasteiger partial charge on any atom is -0.543 e. The smallest absolute Gasteiger partial charge is 0.543 e. The first-order valence-corrected chi connectivity index (χ1v) is 3.20. The molecule has 0 aromatic rings. The van der Waals surface area contributed by atoms with Crippen molar-refractivity contribution in [3.8, 4) is 0 Å². The zero-order valence-corrected chi connectivity index (χ0v) is 13.5. The molecule has 0 amide bonds. The second-order valence-corrected chi connectivity index (χ2v) is 1.72. The van der Waals surface area contributed by atoms with E-state index in [-0.39, 0.29) is 51.9 Å². The molecule has 0 aliphatic heterocycles. The molecule has 0 fully saturated rings. The molecular formula is C6NaNbO12. The molecular weight excluding hydrogens is 380 g/mol. The van der Waals surface area contributed by atoms with Crippen LogP contribution in [0.3, 0.4) is 0 Å². The molecule has 102 valence electrons. The van der Waals surface area contributed by atoms with E-state index in [0.29, 0.717) is 0 Å². The van der Waals surface area contributed by atoms with Gasteiger partial charge in [0, 0.05) is 0 Å². The van der Waals surface area contributed by atoms with Crippen LogP contribution in [0.4, 0.5) is 0 Å². The van der Waals surface area contributed by atoms with Gasteiger partial charge in [-0.2, -0.15) is 0 Å². The van der Waals surface area contributed by atoms with Gasteiger partial charge in [-0.05, 0) is 0 Å². The molecule has 0 radical (unpaired) electrons. The summed E-state index contributed by atoms with van der Waals surface area (Å²) in [5.41, 5.74) is 0. The van der Waals surface area contributed by atoms with Gasteiger partial charge >= 0.3 is 51.9 Å². The number of carbonyl (C=O) groups excluding carboxylic acids is 6. The maximum absolute atomic E-state index is 8.93. The Morgan fingerprint density at radius 3 is 0.450 bits per heavy atom. The molecule has 0 heterocycles. The minimum atomic E-state index is -2.19. The molecule has 0 unspecified atom stereocenters. The van der Waals surface area contributed by atoms with Gasteiger partial charge in [-0.25, -0.2) is 0 Å². The SMILES string of the molecule is O=C([O-])C(=O)[O-].O=C([O-])C(=O)[O-].O=C([O-])C(=O)[O-].[Na+].[Nb+5]. The van der Waals surface area contributed by atoms with Crippen molar-refractivity contribution in [2.24, 2.45) is 0 Å². The van der Waals surface area contributed by atoms with Gasteiger partial charge in [0.05, 0.1) is 35.8 Å². The molecule has 0 rings (SSSR count). The number of hydrogen-bond acceptors (Lipinski definition) is 12. The Hall–Kier alpha value is -1.44. The Labute approximate surface area is 146 Å². The molecule has 0 N–H and O–H groups in total. The van der Waals surface area contributed by atoms with Gasteiger partial charge < -0.3 is 59.4 Å². The van der Waals surface area contributed by atoms with Crippen molar-refractivity contribution in [1.82, 2.24) is 0 Å². The molecule has 14 heteroatoms. The van der Waals surface area contributed by atoms with Crippen LogP contribution in [0.15, 0.2) is 0 Å². The summed E-state index contributed by atoms with van der Waals surface area (Å²) in [5, 5.41) is 53.6. The molecule has 0 saturated carbocycles. The molecule has 0 aromatic heterocycles. The summed E-state index contributed by atoms with van der Waals surface area (Å²) >= 11 is 0. The Bertz CT molecular complexity index is 283. The van der Waals surface area contributed by atoms with Crippen LogP contribution >= 0.6 is 0 Å². The quantitative estimate of drug-likeness (QED) is 0.281. The zero-order valence-electron chi connectivity index (χ0n) is 9.35. The second kappa shape index (κ2) is 17.6. The number of rotatable bonds is 0. The maximum Gasteiger partial charge on any atom is 5.00 e. The van der Waals surface area contributed by atoms with E-state index in [2.05, 4.69) is 0 Å². The van der Waals surface area contributed by atoms with E-state index < -0.39 is 35.8 Å². The summed E-state index contributed by atoms with van der Waals surface area (Å²) in [6, 6.07) is 0. The first-order valence-electron chi connectivity index (χ1n) is 3.20. The summed E-state index contributed by atoms with van der Waals surface area (Å²) in [4.78, 5) is 53.6.